The van der Waals surface area contributed by atoms with Gasteiger partial charge in [-0.05, 0) is 6.07 Å². The molecule has 1 amide bonds. The summed E-state index contributed by atoms with van der Waals surface area (Å²) in [4.78, 5) is 29.4. The molecular formula is C17H19BN3O7S-. The maximum atomic E-state index is 12.3. The molecule has 3 heterocycles. The second kappa shape index (κ2) is 7.30. The number of nitrogen functional groups attached to an aromatic ring is 1. The molecule has 0 bridgehead atoms. The topological polar surface area (TPSA) is 155 Å². The average Bonchev–Trinajstić information content (AvgIpc) is 3.00. The van der Waals surface area contributed by atoms with Gasteiger partial charge in [-0.2, -0.15) is 0 Å². The van der Waals surface area contributed by atoms with Crippen molar-refractivity contribution in [2.75, 3.05) is 18.8 Å². The monoisotopic (exact) mass is 420 g/mol. The SMILES string of the molecule is Nc1nc(CC(=O)N2CC(OC3C[B-](O)(O)Oc4c(C(=O)O)cccc43)C2)cs1. The average molecular weight is 420 g/mol. The van der Waals surface area contributed by atoms with Crippen LogP contribution in [0.3, 0.4) is 0 Å². The third-order valence-corrected chi connectivity index (χ3v) is 5.63. The second-order valence-electron chi connectivity index (χ2n) is 7.14. The van der Waals surface area contributed by atoms with Crippen molar-refractivity contribution in [2.24, 2.45) is 0 Å². The van der Waals surface area contributed by atoms with Gasteiger partial charge in [0.2, 0.25) is 5.91 Å². The fourth-order valence-electron chi connectivity index (χ4n) is 3.51. The number of rotatable bonds is 5. The Labute approximate surface area is 169 Å². The summed E-state index contributed by atoms with van der Waals surface area (Å²) in [5.74, 6) is -1.44. The Bertz CT molecular complexity index is 960. The molecule has 12 heteroatoms. The number of hydrogen-bond acceptors (Lipinski definition) is 9. The number of carbonyl (C=O) groups is 2. The van der Waals surface area contributed by atoms with Gasteiger partial charge in [-0.1, -0.05) is 18.5 Å². The van der Waals surface area contributed by atoms with Crippen molar-refractivity contribution in [2.45, 2.75) is 24.9 Å². The number of nitrogens with two attached hydrogens (primary N) is 1. The molecule has 10 nitrogen and oxygen atoms in total. The van der Waals surface area contributed by atoms with Crippen molar-refractivity contribution in [3.05, 3.63) is 40.4 Å². The molecule has 5 N–H and O–H groups in total. The Morgan fingerprint density at radius 3 is 2.79 bits per heavy atom. The Kier molecular flexibility index (Phi) is 4.94. The van der Waals surface area contributed by atoms with Crippen LogP contribution in [0.15, 0.2) is 23.6 Å². The zero-order chi connectivity index (χ0) is 20.8. The van der Waals surface area contributed by atoms with Crippen molar-refractivity contribution in [3.8, 4) is 5.75 Å². The Morgan fingerprint density at radius 1 is 1.38 bits per heavy atom. The van der Waals surface area contributed by atoms with Crippen LogP contribution in [0.2, 0.25) is 6.32 Å². The van der Waals surface area contributed by atoms with Gasteiger partial charge in [0, 0.05) is 24.0 Å². The molecule has 2 aliphatic rings. The number of benzene rings is 1. The van der Waals surface area contributed by atoms with Gasteiger partial charge < -0.3 is 35.2 Å². The van der Waals surface area contributed by atoms with Crippen LogP contribution in [0, 0.1) is 0 Å². The first-order valence-electron chi connectivity index (χ1n) is 9.00. The van der Waals surface area contributed by atoms with Crippen LogP contribution >= 0.6 is 11.3 Å². The first-order valence-corrected chi connectivity index (χ1v) is 9.88. The fourth-order valence-corrected chi connectivity index (χ4v) is 4.07. The Morgan fingerprint density at radius 2 is 2.14 bits per heavy atom. The highest BCUT2D eigenvalue weighted by molar-refractivity contribution is 7.13. The number of nitrogens with zero attached hydrogens (tertiary/aromatic N) is 2. The van der Waals surface area contributed by atoms with E-state index in [-0.39, 0.29) is 36.1 Å². The van der Waals surface area contributed by atoms with Crippen molar-refractivity contribution < 1.29 is 34.1 Å². The normalized spacial score (nSPS) is 20.5. The summed E-state index contributed by atoms with van der Waals surface area (Å²) in [6.07, 6.45) is -1.13. The molecule has 0 saturated carbocycles. The number of para-hydroxylation sites is 1. The van der Waals surface area contributed by atoms with Crippen LogP contribution < -0.4 is 10.4 Å². The van der Waals surface area contributed by atoms with E-state index >= 15 is 0 Å². The summed E-state index contributed by atoms with van der Waals surface area (Å²) in [7, 11) is 0. The zero-order valence-electron chi connectivity index (χ0n) is 15.2. The maximum absolute atomic E-state index is 12.3. The lowest BCUT2D eigenvalue weighted by Crippen LogP contribution is -2.56. The number of hydrogen-bond donors (Lipinski definition) is 4. The molecule has 1 fully saturated rings. The van der Waals surface area contributed by atoms with Gasteiger partial charge in [0.25, 0.3) is 0 Å². The van der Waals surface area contributed by atoms with E-state index in [4.69, 9.17) is 15.1 Å². The van der Waals surface area contributed by atoms with Crippen LogP contribution in [0.5, 0.6) is 5.75 Å². The number of aromatic carboxylic acids is 1. The first kappa shape index (κ1) is 19.6. The van der Waals surface area contributed by atoms with Gasteiger partial charge in [-0.25, -0.2) is 9.78 Å². The number of likely N-dealkylation sites (tertiary alicyclic amines) is 1. The summed E-state index contributed by atoms with van der Waals surface area (Å²) >= 11 is 1.28. The fraction of sp³-hybridized carbons (Fsp3) is 0.353. The quantitative estimate of drug-likeness (QED) is 0.498. The van der Waals surface area contributed by atoms with E-state index in [1.54, 1.807) is 22.4 Å². The minimum atomic E-state index is -3.25. The van der Waals surface area contributed by atoms with E-state index in [9.17, 15) is 24.7 Å². The van der Waals surface area contributed by atoms with Crippen LogP contribution in [0.25, 0.3) is 0 Å². The molecule has 2 aromatic rings. The summed E-state index contributed by atoms with van der Waals surface area (Å²) in [6, 6.07) is 4.50. The van der Waals surface area contributed by atoms with Gasteiger partial charge >= 0.3 is 12.7 Å². The van der Waals surface area contributed by atoms with Gasteiger partial charge in [0.05, 0.1) is 35.6 Å². The highest BCUT2D eigenvalue weighted by Gasteiger charge is 2.41. The molecule has 29 heavy (non-hydrogen) atoms. The molecule has 1 saturated heterocycles. The number of thiazole rings is 1. The number of carboxylic acid groups (broad SMARTS) is 1. The zero-order valence-corrected chi connectivity index (χ0v) is 16.0. The summed E-state index contributed by atoms with van der Waals surface area (Å²) in [5, 5.41) is 31.6. The standard InChI is InChI=1S/C17H19BN3O7S/c19-17-20-9(8-29-17)4-14(22)21-6-10(7-21)27-13-5-18(25,26)28-15-11(13)2-1-3-12(15)16(23)24/h1-3,8,10,13,25-26H,4-7H2,(H2,19,20)(H,23,24)/q-1. The van der Waals surface area contributed by atoms with E-state index < -0.39 is 18.8 Å². The number of amides is 1. The number of fused-ring (bicyclic) bond motifs is 1. The number of carbonyl (C=O) groups excluding carboxylic acids is 1. The minimum Gasteiger partial charge on any atom is -0.669 e. The van der Waals surface area contributed by atoms with Crippen LogP contribution in [-0.4, -0.2) is 62.9 Å². The van der Waals surface area contributed by atoms with Crippen molar-refractivity contribution in [3.63, 3.8) is 0 Å². The summed E-state index contributed by atoms with van der Waals surface area (Å²) in [5.41, 5.74) is 6.46. The number of anilines is 1. The molecular weight excluding hydrogens is 401 g/mol. The van der Waals surface area contributed by atoms with Crippen LogP contribution in [-0.2, 0) is 16.0 Å². The molecule has 0 spiro atoms. The lowest BCUT2D eigenvalue weighted by Gasteiger charge is -2.45. The van der Waals surface area contributed by atoms with Gasteiger partial charge in [-0.3, -0.25) is 4.79 Å². The minimum absolute atomic E-state index is 0.0985. The highest BCUT2D eigenvalue weighted by Crippen LogP contribution is 2.42. The van der Waals surface area contributed by atoms with E-state index in [0.29, 0.717) is 29.5 Å². The molecule has 0 radical (unpaired) electrons. The van der Waals surface area contributed by atoms with Crippen molar-refractivity contribution in [1.82, 2.24) is 9.88 Å². The van der Waals surface area contributed by atoms with Crippen molar-refractivity contribution in [1.29, 1.82) is 0 Å². The number of aromatic nitrogens is 1. The third-order valence-electron chi connectivity index (χ3n) is 4.91. The molecule has 1 aromatic heterocycles. The van der Waals surface area contributed by atoms with E-state index in [0.717, 1.165) is 0 Å². The molecule has 1 aromatic carbocycles. The van der Waals surface area contributed by atoms with E-state index in [1.807, 2.05) is 0 Å². The number of carboxylic acids is 1. The van der Waals surface area contributed by atoms with Gasteiger partial charge in [0.1, 0.15) is 0 Å². The summed E-state index contributed by atoms with van der Waals surface area (Å²) in [6.45, 7) is -2.56. The Hall–Kier alpha value is -2.67. The second-order valence-corrected chi connectivity index (χ2v) is 8.03. The first-order chi connectivity index (χ1) is 13.7. The van der Waals surface area contributed by atoms with E-state index in [2.05, 4.69) is 4.98 Å². The highest BCUT2D eigenvalue weighted by atomic mass is 32.1. The smallest absolute Gasteiger partial charge is 0.433 e. The molecule has 1 atom stereocenters. The molecule has 1 unspecified atom stereocenters. The predicted molar refractivity (Wildman–Crippen MR) is 103 cm³/mol. The molecule has 2 aliphatic heterocycles. The van der Waals surface area contributed by atoms with Gasteiger partial charge in [0.15, 0.2) is 5.13 Å². The Balaban J connectivity index is 1.41. The lowest BCUT2D eigenvalue weighted by atomic mass is 9.68. The maximum Gasteiger partial charge on any atom is 0.433 e. The lowest BCUT2D eigenvalue weighted by molar-refractivity contribution is -0.149. The molecule has 0 aliphatic carbocycles. The third kappa shape index (κ3) is 4.05. The summed E-state index contributed by atoms with van der Waals surface area (Å²) < 4.78 is 11.1. The van der Waals surface area contributed by atoms with Crippen LogP contribution in [0.1, 0.15) is 27.7 Å². The number of ether oxygens (including phenoxy) is 1. The van der Waals surface area contributed by atoms with Gasteiger partial charge in [-0.15, -0.1) is 11.3 Å². The van der Waals surface area contributed by atoms with E-state index in [1.165, 1.54) is 17.4 Å². The molecule has 4 rings (SSSR count). The van der Waals surface area contributed by atoms with Crippen LogP contribution in [0.4, 0.5) is 5.13 Å². The largest absolute Gasteiger partial charge is 0.669 e. The van der Waals surface area contributed by atoms with Crippen molar-refractivity contribution >= 4 is 35.1 Å². The molecule has 154 valence electrons. The predicted octanol–water partition coefficient (Wildman–Crippen LogP) is 0.251.